The summed E-state index contributed by atoms with van der Waals surface area (Å²) in [5.74, 6) is 0.249. The summed E-state index contributed by atoms with van der Waals surface area (Å²) in [4.78, 5) is 8.75. The number of rotatable bonds is 2. The minimum absolute atomic E-state index is 0.249. The van der Waals surface area contributed by atoms with Crippen LogP contribution in [0.5, 0.6) is 5.75 Å². The molecule has 0 aliphatic rings. The molecule has 1 N–H and O–H groups in total. The smallest absolute Gasteiger partial charge is 0.144 e. The molecule has 3 aromatic rings. The summed E-state index contributed by atoms with van der Waals surface area (Å²) in [5, 5.41) is 11.2. The molecule has 0 saturated carbocycles. The number of hydrogen-bond acceptors (Lipinski definition) is 3. The molecule has 22 heavy (non-hydrogen) atoms. The van der Waals surface area contributed by atoms with E-state index in [1.807, 2.05) is 56.3 Å². The molecule has 0 aliphatic carbocycles. The monoisotopic (exact) mass is 354 g/mol. The summed E-state index contributed by atoms with van der Waals surface area (Å²) in [6, 6.07) is 9.78. The first kappa shape index (κ1) is 14.7. The van der Waals surface area contributed by atoms with Crippen molar-refractivity contribution in [2.75, 3.05) is 0 Å². The number of aromatic hydroxyl groups is 1. The van der Waals surface area contributed by atoms with Crippen LogP contribution in [0.15, 0.2) is 41.1 Å². The second-order valence-corrected chi connectivity index (χ2v) is 5.96. The lowest BCUT2D eigenvalue weighted by atomic mass is 10.0. The van der Waals surface area contributed by atoms with E-state index in [4.69, 9.17) is 0 Å². The number of phenolic OH excluding ortho intramolecular Hbond substituents is 1. The van der Waals surface area contributed by atoms with Gasteiger partial charge in [0.2, 0.25) is 0 Å². The molecule has 2 heterocycles. The van der Waals surface area contributed by atoms with Crippen molar-refractivity contribution in [1.82, 2.24) is 9.97 Å². The predicted octanol–water partition coefficient (Wildman–Crippen LogP) is 4.89. The Bertz CT molecular complexity index is 888. The van der Waals surface area contributed by atoms with E-state index >= 15 is 0 Å². The molecule has 0 unspecified atom stereocenters. The van der Waals surface area contributed by atoms with E-state index in [1.54, 1.807) is 6.20 Å². The van der Waals surface area contributed by atoms with Gasteiger partial charge in [0.05, 0.1) is 5.69 Å². The van der Waals surface area contributed by atoms with Gasteiger partial charge in [-0.15, -0.1) is 0 Å². The van der Waals surface area contributed by atoms with E-state index in [0.717, 1.165) is 32.4 Å². The van der Waals surface area contributed by atoms with Gasteiger partial charge in [0.15, 0.2) is 0 Å². The minimum Gasteiger partial charge on any atom is -0.505 e. The first-order chi connectivity index (χ1) is 10.6. The molecule has 0 fully saturated rings. The fourth-order valence-corrected chi connectivity index (χ4v) is 2.80. The highest BCUT2D eigenvalue weighted by atomic mass is 79.9. The molecule has 0 radical (unpaired) electrons. The summed E-state index contributed by atoms with van der Waals surface area (Å²) < 4.78 is 0.793. The molecule has 110 valence electrons. The standard InChI is InChI=1S/C18H15BrN2O/c1-11-10-12(2)17(22)16-15(11)8-7-14(21-16)6-5-13-4-3-9-20-18(13)19/h3-10,22H,1-2H3/b6-5+. The van der Waals surface area contributed by atoms with Crippen LogP contribution in [0, 0.1) is 13.8 Å². The number of fused-ring (bicyclic) bond motifs is 1. The van der Waals surface area contributed by atoms with Crippen molar-refractivity contribution in [3.8, 4) is 5.75 Å². The maximum atomic E-state index is 10.2. The Kier molecular flexibility index (Phi) is 3.94. The zero-order valence-electron chi connectivity index (χ0n) is 12.3. The summed E-state index contributed by atoms with van der Waals surface area (Å²) in [6.07, 6.45) is 5.60. The molecule has 3 rings (SSSR count). The van der Waals surface area contributed by atoms with Gasteiger partial charge < -0.3 is 5.11 Å². The predicted molar refractivity (Wildman–Crippen MR) is 93.7 cm³/mol. The summed E-state index contributed by atoms with van der Waals surface area (Å²) in [5.41, 5.74) is 4.37. The Labute approximate surface area is 137 Å². The van der Waals surface area contributed by atoms with Gasteiger partial charge in [0, 0.05) is 17.1 Å². The fourth-order valence-electron chi connectivity index (χ4n) is 2.42. The zero-order valence-corrected chi connectivity index (χ0v) is 13.9. The highest BCUT2D eigenvalue weighted by Gasteiger charge is 2.08. The van der Waals surface area contributed by atoms with Crippen LogP contribution in [0.25, 0.3) is 23.1 Å². The topological polar surface area (TPSA) is 46.0 Å². The molecule has 0 bridgehead atoms. The van der Waals surface area contributed by atoms with E-state index in [-0.39, 0.29) is 5.75 Å². The van der Waals surface area contributed by atoms with Crippen LogP contribution >= 0.6 is 15.9 Å². The van der Waals surface area contributed by atoms with Crippen LogP contribution in [-0.2, 0) is 0 Å². The average Bonchev–Trinajstić information content (AvgIpc) is 2.52. The third-order valence-electron chi connectivity index (χ3n) is 3.59. The average molecular weight is 355 g/mol. The molecule has 0 saturated heterocycles. The lowest BCUT2D eigenvalue weighted by molar-refractivity contribution is 0.476. The van der Waals surface area contributed by atoms with Crippen molar-refractivity contribution >= 4 is 39.0 Å². The summed E-state index contributed by atoms with van der Waals surface area (Å²) in [7, 11) is 0. The number of phenols is 1. The van der Waals surface area contributed by atoms with E-state index < -0.39 is 0 Å². The highest BCUT2D eigenvalue weighted by Crippen LogP contribution is 2.30. The van der Waals surface area contributed by atoms with E-state index in [0.29, 0.717) is 5.52 Å². The molecule has 0 atom stereocenters. The molecule has 0 spiro atoms. The second kappa shape index (κ2) is 5.89. The maximum absolute atomic E-state index is 10.2. The Morgan fingerprint density at radius 3 is 2.68 bits per heavy atom. The van der Waals surface area contributed by atoms with E-state index in [9.17, 15) is 5.11 Å². The molecular formula is C18H15BrN2O. The van der Waals surface area contributed by atoms with Crippen molar-refractivity contribution in [2.24, 2.45) is 0 Å². The molecular weight excluding hydrogens is 340 g/mol. The van der Waals surface area contributed by atoms with Gasteiger partial charge in [-0.1, -0.05) is 24.3 Å². The Hall–Kier alpha value is -2.20. The molecule has 1 aromatic carbocycles. The van der Waals surface area contributed by atoms with Crippen molar-refractivity contribution in [1.29, 1.82) is 0 Å². The van der Waals surface area contributed by atoms with Crippen LogP contribution in [-0.4, -0.2) is 15.1 Å². The summed E-state index contributed by atoms with van der Waals surface area (Å²) >= 11 is 3.42. The largest absolute Gasteiger partial charge is 0.505 e. The van der Waals surface area contributed by atoms with Gasteiger partial charge in [-0.3, -0.25) is 0 Å². The quantitative estimate of drug-likeness (QED) is 0.666. The van der Waals surface area contributed by atoms with Gasteiger partial charge in [-0.2, -0.15) is 0 Å². The van der Waals surface area contributed by atoms with Crippen LogP contribution in [0.2, 0.25) is 0 Å². The van der Waals surface area contributed by atoms with Gasteiger partial charge in [0.25, 0.3) is 0 Å². The number of hydrogen-bond donors (Lipinski definition) is 1. The Morgan fingerprint density at radius 1 is 1.09 bits per heavy atom. The van der Waals surface area contributed by atoms with Gasteiger partial charge >= 0.3 is 0 Å². The number of halogens is 1. The van der Waals surface area contributed by atoms with Crippen LogP contribution in [0.4, 0.5) is 0 Å². The fraction of sp³-hybridized carbons (Fsp3) is 0.111. The van der Waals surface area contributed by atoms with Gasteiger partial charge in [0.1, 0.15) is 15.9 Å². The van der Waals surface area contributed by atoms with E-state index in [1.165, 1.54) is 0 Å². The lowest BCUT2D eigenvalue weighted by Gasteiger charge is -2.08. The second-order valence-electron chi connectivity index (χ2n) is 5.21. The van der Waals surface area contributed by atoms with Crippen LogP contribution in [0.3, 0.4) is 0 Å². The number of nitrogens with zero attached hydrogens (tertiary/aromatic N) is 2. The Morgan fingerprint density at radius 2 is 1.91 bits per heavy atom. The third-order valence-corrected chi connectivity index (χ3v) is 4.26. The molecule has 0 aliphatic heterocycles. The highest BCUT2D eigenvalue weighted by molar-refractivity contribution is 9.10. The third kappa shape index (κ3) is 2.74. The normalized spacial score (nSPS) is 11.4. The number of benzene rings is 1. The molecule has 4 heteroatoms. The SMILES string of the molecule is Cc1cc(C)c2ccc(/C=C/c3cccnc3Br)nc2c1O. The van der Waals surface area contributed by atoms with Crippen molar-refractivity contribution in [2.45, 2.75) is 13.8 Å². The van der Waals surface area contributed by atoms with Crippen LogP contribution in [0.1, 0.15) is 22.4 Å². The van der Waals surface area contributed by atoms with E-state index in [2.05, 4.69) is 25.9 Å². The first-order valence-electron chi connectivity index (χ1n) is 6.95. The molecule has 3 nitrogen and oxygen atoms in total. The number of pyridine rings is 2. The van der Waals surface area contributed by atoms with Crippen molar-refractivity contribution in [3.63, 3.8) is 0 Å². The van der Waals surface area contributed by atoms with Gasteiger partial charge in [-0.05, 0) is 59.1 Å². The summed E-state index contributed by atoms with van der Waals surface area (Å²) in [6.45, 7) is 3.91. The van der Waals surface area contributed by atoms with Crippen molar-refractivity contribution in [3.05, 3.63) is 63.5 Å². The Balaban J connectivity index is 2.06. The number of aryl methyl sites for hydroxylation is 2. The zero-order chi connectivity index (χ0) is 15.7. The first-order valence-corrected chi connectivity index (χ1v) is 7.74. The minimum atomic E-state index is 0.249. The number of aromatic nitrogens is 2. The van der Waals surface area contributed by atoms with Crippen LogP contribution < -0.4 is 0 Å². The van der Waals surface area contributed by atoms with Crippen molar-refractivity contribution < 1.29 is 5.11 Å². The van der Waals surface area contributed by atoms with Gasteiger partial charge in [-0.25, -0.2) is 9.97 Å². The lowest BCUT2D eigenvalue weighted by Crippen LogP contribution is -1.89. The molecule has 2 aromatic heterocycles. The maximum Gasteiger partial charge on any atom is 0.144 e. The molecule has 0 amide bonds.